The quantitative estimate of drug-likeness (QED) is 0.426. The van der Waals surface area contributed by atoms with E-state index in [1.165, 1.54) is 12.8 Å². The Balaban J connectivity index is 3.50. The average molecular weight is 272 g/mol. The largest absolute Gasteiger partial charge is 0.466 e. The van der Waals surface area contributed by atoms with Crippen molar-refractivity contribution < 1.29 is 19.1 Å². The summed E-state index contributed by atoms with van der Waals surface area (Å²) in [5.74, 6) is -0.350. The Labute approximate surface area is 116 Å². The Morgan fingerprint density at radius 3 is 2.16 bits per heavy atom. The van der Waals surface area contributed by atoms with Gasteiger partial charge in [0, 0.05) is 12.8 Å². The first-order valence-electron chi connectivity index (χ1n) is 7.45. The van der Waals surface area contributed by atoms with E-state index in [0.29, 0.717) is 32.3 Å². The normalized spacial score (nSPS) is 11.9. The van der Waals surface area contributed by atoms with Crippen LogP contribution in [0.1, 0.15) is 72.1 Å². The molecule has 0 aliphatic rings. The zero-order valence-corrected chi connectivity index (χ0v) is 12.6. The first kappa shape index (κ1) is 17.9. The van der Waals surface area contributed by atoms with E-state index in [0.717, 1.165) is 12.8 Å². The summed E-state index contributed by atoms with van der Waals surface area (Å²) in [7, 11) is 0. The smallest absolute Gasteiger partial charge is 0.306 e. The molecule has 1 unspecified atom stereocenters. The summed E-state index contributed by atoms with van der Waals surface area (Å²) in [4.78, 5) is 22.6. The van der Waals surface area contributed by atoms with Crippen molar-refractivity contribution in [2.75, 3.05) is 6.61 Å². The highest BCUT2D eigenvalue weighted by atomic mass is 16.5. The molecule has 0 aromatic carbocycles. The standard InChI is InChI=1S/C15H28O4/c1-4-6-7-10-13(3)19-15(17)12-9-8-11-14(16)18-5-2/h13H,4-12H2,1-3H3. The highest BCUT2D eigenvalue weighted by Crippen LogP contribution is 2.09. The molecule has 0 spiro atoms. The highest BCUT2D eigenvalue weighted by Gasteiger charge is 2.09. The molecule has 4 nitrogen and oxygen atoms in total. The number of hydrogen-bond donors (Lipinski definition) is 0. The molecule has 0 saturated heterocycles. The van der Waals surface area contributed by atoms with Crippen molar-refractivity contribution in [2.45, 2.75) is 78.2 Å². The molecule has 0 radical (unpaired) electrons. The fraction of sp³-hybridized carbons (Fsp3) is 0.867. The van der Waals surface area contributed by atoms with Gasteiger partial charge in [0.25, 0.3) is 0 Å². The summed E-state index contributed by atoms with van der Waals surface area (Å²) in [6.45, 7) is 6.29. The third-order valence-corrected chi connectivity index (χ3v) is 2.86. The van der Waals surface area contributed by atoms with Gasteiger partial charge in [-0.25, -0.2) is 0 Å². The Morgan fingerprint density at radius 2 is 1.58 bits per heavy atom. The molecule has 0 heterocycles. The third-order valence-electron chi connectivity index (χ3n) is 2.86. The van der Waals surface area contributed by atoms with E-state index < -0.39 is 0 Å². The summed E-state index contributed by atoms with van der Waals surface area (Å²) in [6.07, 6.45) is 6.53. The molecule has 0 aliphatic carbocycles. The second kappa shape index (κ2) is 12.0. The van der Waals surface area contributed by atoms with Crippen LogP contribution in [0.3, 0.4) is 0 Å². The number of unbranched alkanes of at least 4 members (excludes halogenated alkanes) is 3. The molecule has 0 N–H and O–H groups in total. The molecule has 0 bridgehead atoms. The van der Waals surface area contributed by atoms with E-state index in [2.05, 4.69) is 6.92 Å². The molecule has 1 atom stereocenters. The van der Waals surface area contributed by atoms with Gasteiger partial charge in [-0.3, -0.25) is 9.59 Å². The Hall–Kier alpha value is -1.06. The van der Waals surface area contributed by atoms with Crippen LogP contribution in [0, 0.1) is 0 Å². The first-order valence-corrected chi connectivity index (χ1v) is 7.45. The zero-order chi connectivity index (χ0) is 14.5. The van der Waals surface area contributed by atoms with Crippen molar-refractivity contribution in [3.63, 3.8) is 0 Å². The predicted octanol–water partition coefficient (Wildman–Crippen LogP) is 3.62. The maximum Gasteiger partial charge on any atom is 0.306 e. The van der Waals surface area contributed by atoms with Crippen molar-refractivity contribution in [2.24, 2.45) is 0 Å². The van der Waals surface area contributed by atoms with E-state index in [1.54, 1.807) is 6.92 Å². The summed E-state index contributed by atoms with van der Waals surface area (Å²) in [5.41, 5.74) is 0. The Morgan fingerprint density at radius 1 is 0.947 bits per heavy atom. The van der Waals surface area contributed by atoms with Gasteiger partial charge >= 0.3 is 11.9 Å². The number of carbonyl (C=O) groups is 2. The van der Waals surface area contributed by atoms with Crippen LogP contribution in [0.25, 0.3) is 0 Å². The average Bonchev–Trinajstić information content (AvgIpc) is 2.35. The second-order valence-corrected chi connectivity index (χ2v) is 4.81. The van der Waals surface area contributed by atoms with Crippen molar-refractivity contribution in [3.8, 4) is 0 Å². The van der Waals surface area contributed by atoms with Gasteiger partial charge in [-0.15, -0.1) is 0 Å². The second-order valence-electron chi connectivity index (χ2n) is 4.81. The van der Waals surface area contributed by atoms with Crippen LogP contribution in [-0.4, -0.2) is 24.6 Å². The van der Waals surface area contributed by atoms with E-state index in [-0.39, 0.29) is 18.0 Å². The number of esters is 2. The van der Waals surface area contributed by atoms with Gasteiger partial charge in [0.05, 0.1) is 12.7 Å². The van der Waals surface area contributed by atoms with Crippen LogP contribution in [0.15, 0.2) is 0 Å². The fourth-order valence-corrected chi connectivity index (χ4v) is 1.80. The minimum absolute atomic E-state index is 0.00380. The van der Waals surface area contributed by atoms with Gasteiger partial charge in [0.15, 0.2) is 0 Å². The first-order chi connectivity index (χ1) is 9.10. The molecule has 0 aromatic rings. The van der Waals surface area contributed by atoms with Crippen LogP contribution in [0.5, 0.6) is 0 Å². The van der Waals surface area contributed by atoms with Gasteiger partial charge in [0.1, 0.15) is 0 Å². The Bertz CT molecular complexity index is 251. The molecule has 0 aromatic heterocycles. The molecule has 112 valence electrons. The number of rotatable bonds is 11. The predicted molar refractivity (Wildman–Crippen MR) is 74.8 cm³/mol. The van der Waals surface area contributed by atoms with E-state index in [1.807, 2.05) is 6.92 Å². The van der Waals surface area contributed by atoms with Gasteiger partial charge in [-0.2, -0.15) is 0 Å². The van der Waals surface area contributed by atoms with Gasteiger partial charge in [0.2, 0.25) is 0 Å². The molecular formula is C15H28O4. The minimum Gasteiger partial charge on any atom is -0.466 e. The lowest BCUT2D eigenvalue weighted by Crippen LogP contribution is -2.14. The van der Waals surface area contributed by atoms with Crippen LogP contribution in [0.4, 0.5) is 0 Å². The van der Waals surface area contributed by atoms with Crippen LogP contribution < -0.4 is 0 Å². The lowest BCUT2D eigenvalue weighted by molar-refractivity contribution is -0.149. The molecule has 0 rings (SSSR count). The molecule has 0 aliphatic heterocycles. The van der Waals surface area contributed by atoms with E-state index >= 15 is 0 Å². The Kier molecular flexibility index (Phi) is 11.3. The molecule has 4 heteroatoms. The van der Waals surface area contributed by atoms with Crippen LogP contribution in [0.2, 0.25) is 0 Å². The summed E-state index contributed by atoms with van der Waals surface area (Å²) < 4.78 is 10.1. The SMILES string of the molecule is CCCCCC(C)OC(=O)CCCCC(=O)OCC. The van der Waals surface area contributed by atoms with Gasteiger partial charge in [-0.1, -0.05) is 19.8 Å². The summed E-state index contributed by atoms with van der Waals surface area (Å²) in [5, 5.41) is 0. The number of ether oxygens (including phenoxy) is 2. The molecule has 0 fully saturated rings. The van der Waals surface area contributed by atoms with Crippen molar-refractivity contribution in [3.05, 3.63) is 0 Å². The van der Waals surface area contributed by atoms with Crippen molar-refractivity contribution in [1.82, 2.24) is 0 Å². The molecule has 0 amide bonds. The fourth-order valence-electron chi connectivity index (χ4n) is 1.80. The minimum atomic E-state index is -0.191. The van der Waals surface area contributed by atoms with Gasteiger partial charge in [-0.05, 0) is 39.5 Å². The highest BCUT2D eigenvalue weighted by molar-refractivity contribution is 5.70. The zero-order valence-electron chi connectivity index (χ0n) is 12.6. The molecule has 19 heavy (non-hydrogen) atoms. The van der Waals surface area contributed by atoms with Crippen molar-refractivity contribution >= 4 is 11.9 Å². The summed E-state index contributed by atoms with van der Waals surface area (Å²) >= 11 is 0. The third kappa shape index (κ3) is 11.7. The number of hydrogen-bond acceptors (Lipinski definition) is 4. The van der Waals surface area contributed by atoms with E-state index in [4.69, 9.17) is 9.47 Å². The maximum absolute atomic E-state index is 11.5. The molecular weight excluding hydrogens is 244 g/mol. The van der Waals surface area contributed by atoms with Crippen molar-refractivity contribution in [1.29, 1.82) is 0 Å². The topological polar surface area (TPSA) is 52.6 Å². The molecule has 0 saturated carbocycles. The van der Waals surface area contributed by atoms with Crippen LogP contribution >= 0.6 is 0 Å². The lowest BCUT2D eigenvalue weighted by atomic mass is 10.1. The monoisotopic (exact) mass is 272 g/mol. The maximum atomic E-state index is 11.5. The lowest BCUT2D eigenvalue weighted by Gasteiger charge is -2.12. The van der Waals surface area contributed by atoms with E-state index in [9.17, 15) is 9.59 Å². The van der Waals surface area contributed by atoms with Crippen LogP contribution in [-0.2, 0) is 19.1 Å². The summed E-state index contributed by atoms with van der Waals surface area (Å²) in [6, 6.07) is 0. The number of carbonyl (C=O) groups excluding carboxylic acids is 2. The van der Waals surface area contributed by atoms with Gasteiger partial charge < -0.3 is 9.47 Å².